The highest BCUT2D eigenvalue weighted by atomic mass is 32.2. The van der Waals surface area contributed by atoms with Gasteiger partial charge in [-0.15, -0.1) is 23.5 Å². The lowest BCUT2D eigenvalue weighted by molar-refractivity contribution is -0.136. The molecule has 0 bridgehead atoms. The molecule has 0 aliphatic carbocycles. The fraction of sp³-hybridized carbons (Fsp3) is 0.342. The molecule has 3 aromatic carbocycles. The molecule has 3 atom stereocenters. The van der Waals surface area contributed by atoms with E-state index in [0.717, 1.165) is 0 Å². The molecule has 20 nitrogen and oxygen atoms in total. The first kappa shape index (κ1) is 53.7. The minimum Gasteiger partial charge on any atom is -0.410 e. The Hall–Kier alpha value is -4.61. The highest BCUT2D eigenvalue weighted by Gasteiger charge is 2.39. The maximum absolute atomic E-state index is 14.3. The number of primary amides is 2. The van der Waals surface area contributed by atoms with E-state index in [1.54, 1.807) is 19.9 Å². The third-order valence-electron chi connectivity index (χ3n) is 8.19. The molecular formula is C38H48N6O14P2S4. The minimum absolute atomic E-state index is 0.0108. The van der Waals surface area contributed by atoms with Crippen molar-refractivity contribution in [3.8, 4) is 17.2 Å². The molecule has 11 N–H and O–H groups in total. The van der Waals surface area contributed by atoms with E-state index >= 15 is 0 Å². The molecule has 64 heavy (non-hydrogen) atoms. The molecule has 348 valence electrons. The molecule has 26 heteroatoms. The van der Waals surface area contributed by atoms with Crippen molar-refractivity contribution >= 4 is 107 Å². The summed E-state index contributed by atoms with van der Waals surface area (Å²) in [6.45, 7) is 4.75. The maximum atomic E-state index is 14.3. The molecule has 5 amide bonds. The molecule has 0 fully saturated rings. The van der Waals surface area contributed by atoms with Crippen molar-refractivity contribution in [2.75, 3.05) is 30.5 Å². The Bertz CT molecular complexity index is 2230. The van der Waals surface area contributed by atoms with Crippen molar-refractivity contribution in [3.63, 3.8) is 0 Å². The fourth-order valence-corrected chi connectivity index (χ4v) is 8.61. The summed E-state index contributed by atoms with van der Waals surface area (Å²) in [5.74, 6) is -3.36. The Morgan fingerprint density at radius 3 is 1.83 bits per heavy atom. The van der Waals surface area contributed by atoms with Crippen LogP contribution in [0.2, 0.25) is 0 Å². The van der Waals surface area contributed by atoms with Crippen LogP contribution in [0.15, 0.2) is 72.8 Å². The Labute approximate surface area is 388 Å². The van der Waals surface area contributed by atoms with E-state index in [1.807, 2.05) is 0 Å². The number of rotatable bonds is 25. The molecule has 0 unspecified atom stereocenters. The van der Waals surface area contributed by atoms with Crippen molar-refractivity contribution < 1.29 is 65.7 Å². The third-order valence-corrected chi connectivity index (χ3v) is 12.3. The molecule has 0 aliphatic heterocycles. The van der Waals surface area contributed by atoms with Crippen LogP contribution < -0.4 is 46.9 Å². The van der Waals surface area contributed by atoms with E-state index in [9.17, 15) is 42.9 Å². The number of thioether (sulfide) groups is 2. The number of thiocarbonyl (C=S) groups is 2. The predicted molar refractivity (Wildman–Crippen MR) is 250 cm³/mol. The van der Waals surface area contributed by atoms with Crippen LogP contribution in [0.3, 0.4) is 0 Å². The van der Waals surface area contributed by atoms with Crippen LogP contribution in [0.25, 0.3) is 0 Å². The molecule has 3 aromatic rings. The largest absolute Gasteiger partial charge is 0.530 e. The second kappa shape index (κ2) is 25.2. The number of phosphoric ester groups is 2. The van der Waals surface area contributed by atoms with Crippen molar-refractivity contribution in [2.45, 2.75) is 57.7 Å². The summed E-state index contributed by atoms with van der Waals surface area (Å²) in [4.78, 5) is 83.9. The van der Waals surface area contributed by atoms with Gasteiger partial charge in [-0.05, 0) is 68.3 Å². The zero-order valence-electron chi connectivity index (χ0n) is 34.6. The lowest BCUT2D eigenvalue weighted by atomic mass is 9.90. The average molecular weight is 1000 g/mol. The minimum atomic E-state index is -4.91. The number of benzene rings is 3. The Balaban J connectivity index is 1.96. The van der Waals surface area contributed by atoms with E-state index in [0.29, 0.717) is 31.0 Å². The molecule has 0 spiro atoms. The average Bonchev–Trinajstić information content (AvgIpc) is 3.18. The van der Waals surface area contributed by atoms with Crippen LogP contribution in [0, 0.1) is 0 Å². The van der Waals surface area contributed by atoms with E-state index in [-0.39, 0.29) is 49.0 Å². The van der Waals surface area contributed by atoms with Gasteiger partial charge in [0.25, 0.3) is 0 Å². The summed E-state index contributed by atoms with van der Waals surface area (Å²) in [7, 11) is -9.08. The van der Waals surface area contributed by atoms with Crippen molar-refractivity contribution in [1.82, 2.24) is 16.0 Å². The van der Waals surface area contributed by atoms with Gasteiger partial charge in [0.05, 0.1) is 19.6 Å². The first-order chi connectivity index (χ1) is 29.9. The van der Waals surface area contributed by atoms with Crippen molar-refractivity contribution in [3.05, 3.63) is 83.9 Å². The van der Waals surface area contributed by atoms with Crippen molar-refractivity contribution in [1.29, 1.82) is 0 Å². The number of anilines is 1. The number of phosphoric acid groups is 2. The monoisotopic (exact) mass is 1000 g/mol. The predicted octanol–water partition coefficient (Wildman–Crippen LogP) is 4.08. The number of carbonyl (C=O) groups excluding carboxylic acids is 5. The van der Waals surface area contributed by atoms with Gasteiger partial charge in [0.15, 0.2) is 0 Å². The summed E-state index contributed by atoms with van der Waals surface area (Å²) in [5.41, 5.74) is 15.5. The molecule has 0 saturated heterocycles. The summed E-state index contributed by atoms with van der Waals surface area (Å²) in [6, 6.07) is 13.8. The number of nitrogens with one attached hydrogen (secondary N) is 3. The van der Waals surface area contributed by atoms with E-state index in [1.165, 1.54) is 97.2 Å². The first-order valence-electron chi connectivity index (χ1n) is 18.8. The molecule has 0 aliphatic rings. The van der Waals surface area contributed by atoms with Crippen LogP contribution in [0.5, 0.6) is 17.2 Å². The van der Waals surface area contributed by atoms with E-state index < -0.39 is 69.4 Å². The third kappa shape index (κ3) is 20.1. The number of amides is 5. The van der Waals surface area contributed by atoms with Gasteiger partial charge in [-0.25, -0.2) is 13.9 Å². The van der Waals surface area contributed by atoms with Crippen LogP contribution in [-0.2, 0) is 50.2 Å². The molecular weight excluding hydrogens is 955 g/mol. The second-order valence-electron chi connectivity index (χ2n) is 13.7. The van der Waals surface area contributed by atoms with Gasteiger partial charge in [-0.2, -0.15) is 0 Å². The Morgan fingerprint density at radius 1 is 0.781 bits per heavy atom. The van der Waals surface area contributed by atoms with Crippen molar-refractivity contribution in [2.24, 2.45) is 11.5 Å². The number of ether oxygens (including phenoxy) is 1. The van der Waals surface area contributed by atoms with Gasteiger partial charge in [0.2, 0.25) is 23.6 Å². The summed E-state index contributed by atoms with van der Waals surface area (Å²) in [6.07, 6.45) is -2.35. The molecule has 0 aromatic heterocycles. The lowest BCUT2D eigenvalue weighted by Gasteiger charge is -2.33. The highest BCUT2D eigenvalue weighted by Crippen LogP contribution is 2.49. The number of nitrogen functional groups attached to an aromatic ring is 1. The van der Waals surface area contributed by atoms with Gasteiger partial charge >= 0.3 is 21.7 Å². The second-order valence-corrected chi connectivity index (χ2v) is 20.8. The Morgan fingerprint density at radius 2 is 1.33 bits per heavy atom. The summed E-state index contributed by atoms with van der Waals surface area (Å²) >= 11 is 12.8. The smallest absolute Gasteiger partial charge is 0.410 e. The van der Waals surface area contributed by atoms with Crippen LogP contribution >= 0.6 is 63.6 Å². The zero-order valence-corrected chi connectivity index (χ0v) is 39.6. The van der Waals surface area contributed by atoms with E-state index in [4.69, 9.17) is 59.9 Å². The number of carbonyl (C=O) groups is 5. The van der Waals surface area contributed by atoms with Gasteiger partial charge < -0.3 is 46.9 Å². The topological polar surface area (TPSA) is 320 Å². The normalized spacial score (nSPS) is 13.3. The van der Waals surface area contributed by atoms with Crippen LogP contribution in [-0.4, -0.2) is 90.2 Å². The quantitative estimate of drug-likeness (QED) is 0.0256. The first-order valence-corrected chi connectivity index (χ1v) is 24.5. The maximum Gasteiger partial charge on any atom is 0.530 e. The number of nitrogens with two attached hydrogens (primary N) is 3. The molecule has 0 saturated carbocycles. The van der Waals surface area contributed by atoms with Gasteiger partial charge in [-0.3, -0.25) is 38.0 Å². The zero-order chi connectivity index (χ0) is 47.7. The van der Waals surface area contributed by atoms with Crippen LogP contribution in [0.1, 0.15) is 38.3 Å². The lowest BCUT2D eigenvalue weighted by Crippen LogP contribution is -2.64. The molecule has 3 rings (SSSR count). The highest BCUT2D eigenvalue weighted by molar-refractivity contribution is 8.23. The number of hydrogen-bond donors (Lipinski definition) is 8. The molecule has 0 radical (unpaired) electrons. The summed E-state index contributed by atoms with van der Waals surface area (Å²) < 4.78 is 53.2. The summed E-state index contributed by atoms with van der Waals surface area (Å²) in [5, 5.41) is 7.44. The SMILES string of the molecule is CC(=S)SCCOP(=O)(OCCSC(C)=S)Oc1ccc(C[C@H](NC(=O)Oc2cccc(N)c2)C(=O)N[C@@](C)(Cc2ccc(OP(=O)(O)O)cc2)C(=O)N[C@@H](CC(N)=O)C(N)=O)cc1. The van der Waals surface area contributed by atoms with Gasteiger partial charge in [-0.1, -0.05) is 54.8 Å². The van der Waals surface area contributed by atoms with E-state index in [2.05, 4.69) is 20.5 Å². The number of hydrogen-bond acceptors (Lipinski definition) is 17. The molecule has 0 heterocycles. The standard InChI is InChI=1S/C38H48N6O14P2S4/c1-23(61)63-17-15-54-60(53,55-16-18-64-24(2)62)58-29-11-7-25(8-12-29)19-32(43-37(49)56-30-6-4-5-27(39)20-30)35(47)44-38(3,36(48)42-31(34(41)46)21-33(40)45)22-26-9-13-28(14-10-26)57-59(50,51)52/h4-14,20,31-32H,15-19,21-22,39H2,1-3H3,(H2,40,45)(H2,41,46)(H,42,48)(H,43,49)(H,44,47)(H2,50,51,52)/t31-,32-,38-/m0/s1. The Kier molecular flexibility index (Phi) is 21.1. The fourth-order valence-electron chi connectivity index (χ4n) is 5.37. The van der Waals surface area contributed by atoms with Gasteiger partial charge in [0, 0.05) is 44.5 Å². The van der Waals surface area contributed by atoms with Gasteiger partial charge in [0.1, 0.15) is 34.9 Å². The van der Waals surface area contributed by atoms with Crippen LogP contribution in [0.4, 0.5) is 10.5 Å².